The molecule has 0 amide bonds. The van der Waals surface area contributed by atoms with Crippen LogP contribution in [0.15, 0.2) is 34.6 Å². The van der Waals surface area contributed by atoms with E-state index in [1.54, 1.807) is 19.2 Å². The molecule has 0 aromatic carbocycles. The van der Waals surface area contributed by atoms with Crippen molar-refractivity contribution in [1.29, 1.82) is 5.26 Å². The molecule has 0 bridgehead atoms. The molecule has 2 fully saturated rings. The summed E-state index contributed by atoms with van der Waals surface area (Å²) in [5.41, 5.74) is 2.12. The maximum absolute atomic E-state index is 10.4. The Hall–Kier alpha value is -2.92. The summed E-state index contributed by atoms with van der Waals surface area (Å²) in [6.07, 6.45) is 10.5. The van der Waals surface area contributed by atoms with Gasteiger partial charge in [-0.05, 0) is 53.0 Å². The summed E-state index contributed by atoms with van der Waals surface area (Å²) >= 11 is 0. The van der Waals surface area contributed by atoms with Crippen molar-refractivity contribution in [3.63, 3.8) is 0 Å². The summed E-state index contributed by atoms with van der Waals surface area (Å²) in [7, 11) is 2.01. The fraction of sp³-hybridized carbons (Fsp3) is 0.524. The molecule has 156 valence electrons. The number of aromatic amines is 1. The van der Waals surface area contributed by atoms with Crippen LogP contribution in [0, 0.1) is 11.3 Å². The standard InChI is InChI=1S/C17H21N5O2.C4H9N/c1-3-13(9-18)19-10-14(4-2)20-17-8-16(21-22-17)12-5-6-15(7-12)24-11-23;1-5-4-2-3-4/h3-4,8,10-12,15H,5-7H2,1-2H3,(H2,20,21,22);4-5H,2-3H2,1H3/b13-3-,14-4?,19-10?;. The van der Waals surface area contributed by atoms with Crippen LogP contribution in [0.1, 0.15) is 57.6 Å². The average Bonchev–Trinajstić information content (AvgIpc) is 3.29. The van der Waals surface area contributed by atoms with Crippen molar-refractivity contribution in [2.75, 3.05) is 12.4 Å². The van der Waals surface area contributed by atoms with Gasteiger partial charge in [0.1, 0.15) is 17.9 Å². The second-order valence-corrected chi connectivity index (χ2v) is 7.05. The molecular formula is C21H30N6O2. The molecular weight excluding hydrogens is 368 g/mol. The molecule has 1 aromatic heterocycles. The molecule has 2 aliphatic carbocycles. The third kappa shape index (κ3) is 7.54. The van der Waals surface area contributed by atoms with Crippen molar-refractivity contribution in [3.8, 4) is 6.07 Å². The van der Waals surface area contributed by atoms with Gasteiger partial charge in [-0.1, -0.05) is 12.2 Å². The first-order chi connectivity index (χ1) is 14.1. The monoisotopic (exact) mass is 398 g/mol. The number of nitriles is 1. The van der Waals surface area contributed by atoms with Crippen LogP contribution in [0.2, 0.25) is 0 Å². The Balaban J connectivity index is 0.000000521. The van der Waals surface area contributed by atoms with E-state index in [0.717, 1.165) is 36.7 Å². The molecule has 0 spiro atoms. The smallest absolute Gasteiger partial charge is 0.293 e. The second kappa shape index (κ2) is 11.8. The van der Waals surface area contributed by atoms with E-state index in [1.807, 2.05) is 32.2 Å². The maximum Gasteiger partial charge on any atom is 0.293 e. The Labute approximate surface area is 172 Å². The molecule has 1 aromatic rings. The number of aliphatic imine (C=N–C) groups is 1. The molecule has 0 aliphatic heterocycles. The van der Waals surface area contributed by atoms with Gasteiger partial charge in [-0.15, -0.1) is 0 Å². The topological polar surface area (TPSA) is 115 Å². The van der Waals surface area contributed by atoms with Crippen molar-refractivity contribution < 1.29 is 9.53 Å². The average molecular weight is 399 g/mol. The number of nitrogens with one attached hydrogen (secondary N) is 3. The Bertz CT molecular complexity index is 785. The highest BCUT2D eigenvalue weighted by molar-refractivity contribution is 5.83. The van der Waals surface area contributed by atoms with Crippen LogP contribution in [-0.4, -0.2) is 42.1 Å². The summed E-state index contributed by atoms with van der Waals surface area (Å²) in [6.45, 7) is 4.16. The molecule has 8 nitrogen and oxygen atoms in total. The molecule has 3 N–H and O–H groups in total. The van der Waals surface area contributed by atoms with E-state index in [2.05, 4.69) is 25.8 Å². The summed E-state index contributed by atoms with van der Waals surface area (Å²) in [5.74, 6) is 0.997. The van der Waals surface area contributed by atoms with Crippen molar-refractivity contribution in [1.82, 2.24) is 15.5 Å². The molecule has 29 heavy (non-hydrogen) atoms. The van der Waals surface area contributed by atoms with Crippen molar-refractivity contribution in [2.45, 2.75) is 64.0 Å². The Morgan fingerprint density at radius 3 is 2.69 bits per heavy atom. The Morgan fingerprint density at radius 1 is 1.34 bits per heavy atom. The second-order valence-electron chi connectivity index (χ2n) is 7.05. The van der Waals surface area contributed by atoms with E-state index in [1.165, 1.54) is 12.8 Å². The Morgan fingerprint density at radius 2 is 2.14 bits per heavy atom. The van der Waals surface area contributed by atoms with Gasteiger partial charge in [0.25, 0.3) is 6.47 Å². The van der Waals surface area contributed by atoms with Gasteiger partial charge in [0, 0.05) is 23.7 Å². The van der Waals surface area contributed by atoms with E-state index < -0.39 is 0 Å². The first kappa shape index (κ1) is 22.4. The van der Waals surface area contributed by atoms with Gasteiger partial charge in [-0.2, -0.15) is 10.4 Å². The quantitative estimate of drug-likeness (QED) is 0.351. The zero-order valence-electron chi connectivity index (χ0n) is 17.3. The summed E-state index contributed by atoms with van der Waals surface area (Å²) in [4.78, 5) is 14.5. The van der Waals surface area contributed by atoms with Crippen LogP contribution in [0.25, 0.3) is 0 Å². The molecule has 1 heterocycles. The molecule has 2 aliphatic rings. The fourth-order valence-electron chi connectivity index (χ4n) is 3.04. The van der Waals surface area contributed by atoms with Crippen molar-refractivity contribution in [3.05, 3.63) is 35.3 Å². The molecule has 2 atom stereocenters. The zero-order valence-corrected chi connectivity index (χ0v) is 17.3. The number of allylic oxidation sites excluding steroid dienone is 4. The normalized spacial score (nSPS) is 22.0. The van der Waals surface area contributed by atoms with Crippen molar-refractivity contribution in [2.24, 2.45) is 4.99 Å². The van der Waals surface area contributed by atoms with Gasteiger partial charge >= 0.3 is 0 Å². The largest absolute Gasteiger partial charge is 0.465 e. The Kier molecular flexibility index (Phi) is 9.12. The number of carbonyl (C=O) groups excluding carboxylic acids is 1. The first-order valence-electron chi connectivity index (χ1n) is 9.98. The highest BCUT2D eigenvalue weighted by Gasteiger charge is 2.28. The number of nitrogens with zero attached hydrogens (tertiary/aromatic N) is 3. The van der Waals surface area contributed by atoms with Gasteiger partial charge in [0.05, 0.1) is 11.9 Å². The maximum atomic E-state index is 10.4. The van der Waals surface area contributed by atoms with Crippen LogP contribution in [0.5, 0.6) is 0 Å². The molecule has 0 saturated heterocycles. The molecule has 8 heteroatoms. The van der Waals surface area contributed by atoms with Gasteiger partial charge in [-0.25, -0.2) is 4.99 Å². The van der Waals surface area contributed by atoms with E-state index in [0.29, 0.717) is 23.9 Å². The summed E-state index contributed by atoms with van der Waals surface area (Å²) in [5, 5.41) is 22.5. The van der Waals surface area contributed by atoms with Crippen molar-refractivity contribution >= 4 is 18.5 Å². The number of aromatic nitrogens is 2. The number of ether oxygens (including phenoxy) is 1. The van der Waals surface area contributed by atoms with Gasteiger partial charge in [0.15, 0.2) is 5.82 Å². The lowest BCUT2D eigenvalue weighted by atomic mass is 10.0. The SMILES string of the molecule is CC=C(C=N/C(C#N)=C\C)Nc1cc(C2CCC(OC=O)C2)[nH]n1.CNC1CC1. The highest BCUT2D eigenvalue weighted by atomic mass is 16.5. The third-order valence-electron chi connectivity index (χ3n) is 4.97. The van der Waals surface area contributed by atoms with Crippen LogP contribution >= 0.6 is 0 Å². The van der Waals surface area contributed by atoms with Gasteiger partial charge in [0.2, 0.25) is 0 Å². The molecule has 3 rings (SSSR count). The zero-order chi connectivity index (χ0) is 21.1. The lowest BCUT2D eigenvalue weighted by molar-refractivity contribution is -0.133. The van der Waals surface area contributed by atoms with Crippen LogP contribution in [0.3, 0.4) is 0 Å². The van der Waals surface area contributed by atoms with Crippen LogP contribution in [-0.2, 0) is 9.53 Å². The van der Waals surface area contributed by atoms with E-state index in [9.17, 15) is 4.79 Å². The van der Waals surface area contributed by atoms with E-state index in [4.69, 9.17) is 10.00 Å². The van der Waals surface area contributed by atoms with Crippen LogP contribution < -0.4 is 10.6 Å². The molecule has 0 radical (unpaired) electrons. The molecule has 2 unspecified atom stereocenters. The summed E-state index contributed by atoms with van der Waals surface area (Å²) < 4.78 is 5.03. The minimum absolute atomic E-state index is 0.00400. The van der Waals surface area contributed by atoms with E-state index in [-0.39, 0.29) is 6.10 Å². The predicted octanol–water partition coefficient (Wildman–Crippen LogP) is 3.40. The lowest BCUT2D eigenvalue weighted by Crippen LogP contribution is -2.06. The predicted molar refractivity (Wildman–Crippen MR) is 113 cm³/mol. The number of carbonyl (C=O) groups is 1. The lowest BCUT2D eigenvalue weighted by Gasteiger charge is -2.07. The minimum atomic E-state index is -0.00400. The number of hydrogen-bond acceptors (Lipinski definition) is 7. The number of hydrogen-bond donors (Lipinski definition) is 3. The third-order valence-corrected chi connectivity index (χ3v) is 4.97. The van der Waals surface area contributed by atoms with Gasteiger partial charge < -0.3 is 15.4 Å². The molecule has 2 saturated carbocycles. The number of H-pyrrole nitrogens is 1. The van der Waals surface area contributed by atoms with Gasteiger partial charge in [-0.3, -0.25) is 9.89 Å². The minimum Gasteiger partial charge on any atom is -0.465 e. The fourth-order valence-corrected chi connectivity index (χ4v) is 3.04. The highest BCUT2D eigenvalue weighted by Crippen LogP contribution is 2.35. The van der Waals surface area contributed by atoms with Crippen LogP contribution in [0.4, 0.5) is 5.82 Å². The summed E-state index contributed by atoms with van der Waals surface area (Å²) in [6, 6.07) is 4.84. The first-order valence-corrected chi connectivity index (χ1v) is 9.98. The number of rotatable bonds is 8. The van der Waals surface area contributed by atoms with E-state index >= 15 is 0 Å². The number of anilines is 1.